The number of nitrogens with one attached hydrogen (secondary N) is 1. The van der Waals surface area contributed by atoms with Crippen LogP contribution in [0.2, 0.25) is 0 Å². The molecule has 0 amide bonds. The van der Waals surface area contributed by atoms with Gasteiger partial charge in [-0.3, -0.25) is 0 Å². The predicted octanol–water partition coefficient (Wildman–Crippen LogP) is 3.37. The quantitative estimate of drug-likeness (QED) is 0.604. The summed E-state index contributed by atoms with van der Waals surface area (Å²) in [6.07, 6.45) is 3.52. The molecule has 3 aromatic heterocycles. The average molecular weight is 312 g/mol. The number of rotatable bonds is 4. The van der Waals surface area contributed by atoms with Crippen LogP contribution in [0.25, 0.3) is 16.2 Å². The van der Waals surface area contributed by atoms with Crippen molar-refractivity contribution in [1.29, 1.82) is 0 Å². The first-order valence-corrected chi connectivity index (χ1v) is 7.51. The zero-order valence-electron chi connectivity index (χ0n) is 11.4. The predicted molar refractivity (Wildman–Crippen MR) is 84.0 cm³/mol. The van der Waals surface area contributed by atoms with Crippen LogP contribution in [-0.2, 0) is 6.54 Å². The van der Waals surface area contributed by atoms with Gasteiger partial charge in [0, 0.05) is 5.56 Å². The summed E-state index contributed by atoms with van der Waals surface area (Å²) >= 11 is 1.48. The van der Waals surface area contributed by atoms with Gasteiger partial charge in [0.2, 0.25) is 10.1 Å². The van der Waals surface area contributed by atoms with E-state index in [9.17, 15) is 5.11 Å². The minimum atomic E-state index is 0.243. The van der Waals surface area contributed by atoms with Crippen molar-refractivity contribution in [3.63, 3.8) is 0 Å². The Balaban J connectivity index is 1.55. The third-order valence-electron chi connectivity index (χ3n) is 3.20. The summed E-state index contributed by atoms with van der Waals surface area (Å²) in [4.78, 5) is 5.36. The Hall–Kier alpha value is -2.80. The maximum atomic E-state index is 9.33. The molecule has 3 heterocycles. The molecule has 0 aliphatic carbocycles. The van der Waals surface area contributed by atoms with Gasteiger partial charge in [-0.25, -0.2) is 9.50 Å². The van der Waals surface area contributed by atoms with E-state index in [0.29, 0.717) is 6.54 Å². The van der Waals surface area contributed by atoms with Crippen molar-refractivity contribution in [3.8, 4) is 17.0 Å². The summed E-state index contributed by atoms with van der Waals surface area (Å²) in [6.45, 7) is 0.592. The maximum Gasteiger partial charge on any atom is 0.214 e. The molecule has 0 saturated heterocycles. The van der Waals surface area contributed by atoms with Crippen LogP contribution in [0.4, 0.5) is 5.13 Å². The highest BCUT2D eigenvalue weighted by molar-refractivity contribution is 7.20. The topological polar surface area (TPSA) is 75.6 Å². The number of benzene rings is 1. The van der Waals surface area contributed by atoms with E-state index in [1.54, 1.807) is 22.9 Å². The van der Waals surface area contributed by atoms with Crippen LogP contribution in [-0.4, -0.2) is 19.7 Å². The van der Waals surface area contributed by atoms with Crippen molar-refractivity contribution in [3.05, 3.63) is 54.6 Å². The summed E-state index contributed by atoms with van der Waals surface area (Å²) in [5, 5.41) is 17.8. The molecule has 6 nitrogen and oxygen atoms in total. The summed E-state index contributed by atoms with van der Waals surface area (Å²) in [6, 6.07) is 10.7. The Morgan fingerprint density at radius 2 is 2.09 bits per heavy atom. The summed E-state index contributed by atoms with van der Waals surface area (Å²) < 4.78 is 7.02. The van der Waals surface area contributed by atoms with Crippen molar-refractivity contribution >= 4 is 21.4 Å². The van der Waals surface area contributed by atoms with E-state index in [1.807, 2.05) is 30.5 Å². The summed E-state index contributed by atoms with van der Waals surface area (Å²) in [7, 11) is 0. The standard InChI is InChI=1S/C15H12N4O2S/c20-11-5-3-10(4-6-11)13-9-19-15(17-13)22-14(18-19)16-8-12-2-1-7-21-12/h1-7,9,20H,8H2,(H,16,18). The number of imidazole rings is 1. The number of aromatic hydroxyl groups is 1. The van der Waals surface area contributed by atoms with E-state index in [1.165, 1.54) is 11.3 Å². The monoisotopic (exact) mass is 312 g/mol. The van der Waals surface area contributed by atoms with Gasteiger partial charge in [-0.2, -0.15) is 0 Å². The minimum absolute atomic E-state index is 0.243. The number of phenolic OH excluding ortho intramolecular Hbond substituents is 1. The van der Waals surface area contributed by atoms with Gasteiger partial charge in [0.15, 0.2) is 0 Å². The second kappa shape index (κ2) is 5.19. The van der Waals surface area contributed by atoms with Gasteiger partial charge in [-0.15, -0.1) is 5.10 Å². The van der Waals surface area contributed by atoms with E-state index in [4.69, 9.17) is 4.42 Å². The molecule has 110 valence electrons. The molecule has 0 radical (unpaired) electrons. The lowest BCUT2D eigenvalue weighted by Gasteiger charge is -1.98. The highest BCUT2D eigenvalue weighted by atomic mass is 32.1. The van der Waals surface area contributed by atoms with Crippen molar-refractivity contribution in [2.24, 2.45) is 0 Å². The molecule has 0 fully saturated rings. The van der Waals surface area contributed by atoms with Gasteiger partial charge < -0.3 is 14.8 Å². The second-order valence-electron chi connectivity index (χ2n) is 4.74. The summed E-state index contributed by atoms with van der Waals surface area (Å²) in [5.74, 6) is 1.10. The molecule has 0 unspecified atom stereocenters. The van der Waals surface area contributed by atoms with Crippen LogP contribution in [0.3, 0.4) is 0 Å². The molecular formula is C15H12N4O2S. The Kier molecular flexibility index (Phi) is 3.05. The minimum Gasteiger partial charge on any atom is -0.508 e. The SMILES string of the molecule is Oc1ccc(-c2cn3nc(NCc4ccco4)sc3n2)cc1. The smallest absolute Gasteiger partial charge is 0.214 e. The fourth-order valence-corrected chi connectivity index (χ4v) is 2.90. The Bertz CT molecular complexity index is 862. The van der Waals surface area contributed by atoms with Gasteiger partial charge in [-0.05, 0) is 36.4 Å². The molecule has 0 aliphatic heterocycles. The molecule has 0 saturated carbocycles. The molecule has 0 aliphatic rings. The van der Waals surface area contributed by atoms with E-state index in [2.05, 4.69) is 15.4 Å². The maximum absolute atomic E-state index is 9.33. The zero-order chi connectivity index (χ0) is 14.9. The van der Waals surface area contributed by atoms with Crippen molar-refractivity contribution in [1.82, 2.24) is 14.6 Å². The van der Waals surface area contributed by atoms with Gasteiger partial charge in [0.25, 0.3) is 0 Å². The highest BCUT2D eigenvalue weighted by Gasteiger charge is 2.10. The van der Waals surface area contributed by atoms with Gasteiger partial charge >= 0.3 is 0 Å². The lowest BCUT2D eigenvalue weighted by Crippen LogP contribution is -1.98. The van der Waals surface area contributed by atoms with E-state index in [-0.39, 0.29) is 5.75 Å². The molecule has 22 heavy (non-hydrogen) atoms. The van der Waals surface area contributed by atoms with Crippen molar-refractivity contribution < 1.29 is 9.52 Å². The lowest BCUT2D eigenvalue weighted by atomic mass is 10.2. The molecule has 0 atom stereocenters. The first-order chi connectivity index (χ1) is 10.8. The normalized spacial score (nSPS) is 11.1. The van der Waals surface area contributed by atoms with Gasteiger partial charge in [0.05, 0.1) is 24.7 Å². The van der Waals surface area contributed by atoms with E-state index >= 15 is 0 Å². The third kappa shape index (κ3) is 2.42. The van der Waals surface area contributed by atoms with Crippen LogP contribution < -0.4 is 5.32 Å². The van der Waals surface area contributed by atoms with Crippen LogP contribution in [0.15, 0.2) is 53.3 Å². The first kappa shape index (κ1) is 12.9. The number of hydrogen-bond acceptors (Lipinski definition) is 6. The number of furan rings is 1. The van der Waals surface area contributed by atoms with Gasteiger partial charge in [0.1, 0.15) is 11.5 Å². The molecular weight excluding hydrogens is 300 g/mol. The molecule has 1 aromatic carbocycles. The zero-order valence-corrected chi connectivity index (χ0v) is 12.2. The highest BCUT2D eigenvalue weighted by Crippen LogP contribution is 2.25. The fraction of sp³-hybridized carbons (Fsp3) is 0.0667. The van der Waals surface area contributed by atoms with E-state index in [0.717, 1.165) is 27.1 Å². The number of phenols is 1. The van der Waals surface area contributed by atoms with E-state index < -0.39 is 0 Å². The number of anilines is 1. The number of aromatic nitrogens is 3. The molecule has 7 heteroatoms. The number of hydrogen-bond donors (Lipinski definition) is 2. The average Bonchev–Trinajstić information content (AvgIpc) is 3.21. The number of fused-ring (bicyclic) bond motifs is 1. The van der Waals surface area contributed by atoms with Crippen LogP contribution in [0, 0.1) is 0 Å². The molecule has 0 bridgehead atoms. The molecule has 2 N–H and O–H groups in total. The third-order valence-corrected chi connectivity index (χ3v) is 4.08. The lowest BCUT2D eigenvalue weighted by molar-refractivity contribution is 0.475. The Morgan fingerprint density at radius 3 is 2.82 bits per heavy atom. The second-order valence-corrected chi connectivity index (χ2v) is 5.70. The van der Waals surface area contributed by atoms with Crippen molar-refractivity contribution in [2.45, 2.75) is 6.54 Å². The molecule has 4 rings (SSSR count). The fourth-order valence-electron chi connectivity index (χ4n) is 2.12. The van der Waals surface area contributed by atoms with Crippen LogP contribution in [0.5, 0.6) is 5.75 Å². The van der Waals surface area contributed by atoms with Crippen LogP contribution >= 0.6 is 11.3 Å². The Morgan fingerprint density at radius 1 is 1.23 bits per heavy atom. The van der Waals surface area contributed by atoms with Crippen molar-refractivity contribution in [2.75, 3.05) is 5.32 Å². The number of nitrogens with zero attached hydrogens (tertiary/aromatic N) is 3. The Labute approximate surface area is 129 Å². The first-order valence-electron chi connectivity index (χ1n) is 6.70. The molecule has 4 aromatic rings. The van der Waals surface area contributed by atoms with Gasteiger partial charge in [-0.1, -0.05) is 11.3 Å². The summed E-state index contributed by atoms with van der Waals surface area (Å²) in [5.41, 5.74) is 1.77. The molecule has 0 spiro atoms. The largest absolute Gasteiger partial charge is 0.508 e. The van der Waals surface area contributed by atoms with Crippen LogP contribution in [0.1, 0.15) is 5.76 Å².